The highest BCUT2D eigenvalue weighted by molar-refractivity contribution is 6.30. The number of hydrogen-bond acceptors (Lipinski definition) is 5. The molecule has 0 saturated carbocycles. The van der Waals surface area contributed by atoms with Crippen molar-refractivity contribution in [3.8, 4) is 5.75 Å². The van der Waals surface area contributed by atoms with Gasteiger partial charge >= 0.3 is 0 Å². The summed E-state index contributed by atoms with van der Waals surface area (Å²) in [6.45, 7) is 11.6. The lowest BCUT2D eigenvalue weighted by Crippen LogP contribution is -2.44. The Labute approximate surface area is 238 Å². The fourth-order valence-corrected chi connectivity index (χ4v) is 5.91. The molecule has 3 aromatic rings. The van der Waals surface area contributed by atoms with Crippen molar-refractivity contribution in [1.29, 1.82) is 0 Å². The van der Waals surface area contributed by atoms with Crippen molar-refractivity contribution in [2.45, 2.75) is 64.8 Å². The minimum absolute atomic E-state index is 0.444. The number of benzene rings is 2. The van der Waals surface area contributed by atoms with Crippen LogP contribution in [0.25, 0.3) is 5.57 Å². The highest BCUT2D eigenvalue weighted by atomic mass is 35.5. The zero-order valence-electron chi connectivity index (χ0n) is 23.4. The molecule has 5 rings (SSSR count). The summed E-state index contributed by atoms with van der Waals surface area (Å²) in [6, 6.07) is 19.0. The van der Waals surface area contributed by atoms with E-state index < -0.39 is 5.60 Å². The van der Waals surface area contributed by atoms with Gasteiger partial charge in [-0.2, -0.15) is 0 Å². The van der Waals surface area contributed by atoms with Crippen molar-refractivity contribution < 1.29 is 9.84 Å². The lowest BCUT2D eigenvalue weighted by Gasteiger charge is -2.38. The van der Waals surface area contributed by atoms with Gasteiger partial charge in [0.2, 0.25) is 0 Å². The van der Waals surface area contributed by atoms with E-state index in [1.807, 2.05) is 50.4 Å². The fourth-order valence-electron chi connectivity index (χ4n) is 5.78. The third kappa shape index (κ3) is 6.72. The molecule has 0 aliphatic carbocycles. The SMILES string of the molecule is CCN(Cc1ccc(Cl)cc1)C1CCN(CCC=C2c3cc(C(C)(C)O)ccc3OCc3ncccc32)CC1. The molecule has 3 heterocycles. The number of pyridine rings is 1. The number of piperidine rings is 1. The molecular weight excluding hydrogens is 506 g/mol. The van der Waals surface area contributed by atoms with Gasteiger partial charge in [-0.05, 0) is 99.8 Å². The molecule has 2 aromatic carbocycles. The van der Waals surface area contributed by atoms with Crippen molar-refractivity contribution in [3.63, 3.8) is 0 Å². The van der Waals surface area contributed by atoms with Crippen LogP contribution in [0.4, 0.5) is 0 Å². The Bertz CT molecular complexity index is 1290. The van der Waals surface area contributed by atoms with Crippen molar-refractivity contribution in [1.82, 2.24) is 14.8 Å². The number of aromatic nitrogens is 1. The maximum absolute atomic E-state index is 10.7. The van der Waals surface area contributed by atoms with Crippen LogP contribution in [0.1, 0.15) is 68.0 Å². The van der Waals surface area contributed by atoms with Crippen molar-refractivity contribution in [2.75, 3.05) is 26.2 Å². The van der Waals surface area contributed by atoms with Crippen LogP contribution in [0.3, 0.4) is 0 Å². The summed E-state index contributed by atoms with van der Waals surface area (Å²) >= 11 is 6.08. The van der Waals surface area contributed by atoms with Crippen molar-refractivity contribution >= 4 is 17.2 Å². The summed E-state index contributed by atoms with van der Waals surface area (Å²) in [5, 5.41) is 11.5. The van der Waals surface area contributed by atoms with Crippen LogP contribution in [-0.2, 0) is 18.8 Å². The number of hydrogen-bond donors (Lipinski definition) is 1. The van der Waals surface area contributed by atoms with Gasteiger partial charge in [-0.15, -0.1) is 0 Å². The summed E-state index contributed by atoms with van der Waals surface area (Å²) in [6.07, 6.45) is 7.50. The van der Waals surface area contributed by atoms with Crippen LogP contribution >= 0.6 is 11.6 Å². The maximum Gasteiger partial charge on any atom is 0.131 e. The topological polar surface area (TPSA) is 48.8 Å². The lowest BCUT2D eigenvalue weighted by molar-refractivity contribution is 0.0785. The molecule has 0 spiro atoms. The Balaban J connectivity index is 1.26. The van der Waals surface area contributed by atoms with Crippen LogP contribution in [0.5, 0.6) is 5.75 Å². The number of aliphatic hydroxyl groups is 1. The number of likely N-dealkylation sites (tertiary alicyclic amines) is 1. The Morgan fingerprint density at radius 3 is 2.59 bits per heavy atom. The molecule has 1 saturated heterocycles. The van der Waals surface area contributed by atoms with Gasteiger partial charge in [-0.1, -0.05) is 48.9 Å². The van der Waals surface area contributed by atoms with E-state index in [9.17, 15) is 5.11 Å². The molecule has 1 fully saturated rings. The molecule has 1 aromatic heterocycles. The first-order chi connectivity index (χ1) is 18.8. The molecule has 0 bridgehead atoms. The van der Waals surface area contributed by atoms with Crippen molar-refractivity contribution in [2.24, 2.45) is 0 Å². The summed E-state index contributed by atoms with van der Waals surface area (Å²) in [5.41, 5.74) is 5.52. The third-order valence-electron chi connectivity index (χ3n) is 8.09. The Morgan fingerprint density at radius 1 is 1.10 bits per heavy atom. The van der Waals surface area contributed by atoms with E-state index in [0.29, 0.717) is 12.6 Å². The number of halogens is 1. The first-order valence-corrected chi connectivity index (χ1v) is 14.5. The molecule has 0 atom stereocenters. The minimum atomic E-state index is -0.922. The summed E-state index contributed by atoms with van der Waals surface area (Å²) < 4.78 is 6.16. The molecule has 1 N–H and O–H groups in total. The Kier molecular flexibility index (Phi) is 8.73. The number of nitrogens with zero attached hydrogens (tertiary/aromatic N) is 3. The van der Waals surface area contributed by atoms with Gasteiger partial charge in [-0.3, -0.25) is 9.88 Å². The average molecular weight is 546 g/mol. The van der Waals surface area contributed by atoms with E-state index in [1.165, 1.54) is 18.4 Å². The molecule has 206 valence electrons. The van der Waals surface area contributed by atoms with E-state index in [1.54, 1.807) is 0 Å². The lowest BCUT2D eigenvalue weighted by atomic mass is 9.90. The maximum atomic E-state index is 10.7. The standard InChI is InChI=1S/C33H40ClN3O2/c1-4-37(22-24-9-12-26(34)13-10-24)27-15-19-36(20-16-27)18-6-8-28-29-7-5-17-35-31(29)23-39-32-14-11-25(21-30(28)32)33(2,3)38/h5,7-14,17,21,27,38H,4,6,15-16,18-20,22-23H2,1-3H3. The molecule has 2 aliphatic rings. The zero-order chi connectivity index (χ0) is 27.4. The average Bonchev–Trinajstić information content (AvgIpc) is 3.09. The van der Waals surface area contributed by atoms with Crippen LogP contribution in [0.15, 0.2) is 66.9 Å². The largest absolute Gasteiger partial charge is 0.487 e. The van der Waals surface area contributed by atoms with Gasteiger partial charge in [0.25, 0.3) is 0 Å². The summed E-state index contributed by atoms with van der Waals surface area (Å²) in [7, 11) is 0. The second-order valence-corrected chi connectivity index (χ2v) is 11.7. The van der Waals surface area contributed by atoms with Gasteiger partial charge < -0.3 is 14.7 Å². The quantitative estimate of drug-likeness (QED) is 0.343. The number of fused-ring (bicyclic) bond motifs is 2. The zero-order valence-corrected chi connectivity index (χ0v) is 24.1. The molecule has 0 amide bonds. The number of rotatable bonds is 8. The van der Waals surface area contributed by atoms with Gasteiger partial charge in [0.15, 0.2) is 0 Å². The summed E-state index contributed by atoms with van der Waals surface area (Å²) in [4.78, 5) is 9.81. The highest BCUT2D eigenvalue weighted by Crippen LogP contribution is 2.38. The Morgan fingerprint density at radius 2 is 1.87 bits per heavy atom. The van der Waals surface area contributed by atoms with E-state index in [-0.39, 0.29) is 0 Å². The van der Waals surface area contributed by atoms with E-state index in [4.69, 9.17) is 16.3 Å². The van der Waals surface area contributed by atoms with Gasteiger partial charge in [-0.25, -0.2) is 0 Å². The molecule has 39 heavy (non-hydrogen) atoms. The first kappa shape index (κ1) is 27.9. The molecule has 6 heteroatoms. The first-order valence-electron chi connectivity index (χ1n) is 14.2. The molecule has 0 unspecified atom stereocenters. The predicted molar refractivity (Wildman–Crippen MR) is 159 cm³/mol. The normalized spacial score (nSPS) is 17.5. The molecule has 5 nitrogen and oxygen atoms in total. The second-order valence-electron chi connectivity index (χ2n) is 11.2. The van der Waals surface area contributed by atoms with Gasteiger partial charge in [0, 0.05) is 41.5 Å². The van der Waals surface area contributed by atoms with Crippen LogP contribution < -0.4 is 4.74 Å². The highest BCUT2D eigenvalue weighted by Gasteiger charge is 2.25. The fraction of sp³-hybridized carbons (Fsp3) is 0.424. The monoisotopic (exact) mass is 545 g/mol. The van der Waals surface area contributed by atoms with Gasteiger partial charge in [0.1, 0.15) is 12.4 Å². The molecular formula is C33H40ClN3O2. The molecule has 2 aliphatic heterocycles. The number of ether oxygens (including phenoxy) is 1. The smallest absolute Gasteiger partial charge is 0.131 e. The third-order valence-corrected chi connectivity index (χ3v) is 8.35. The van der Waals surface area contributed by atoms with Crippen molar-refractivity contribution in [3.05, 3.63) is 99.8 Å². The van der Waals surface area contributed by atoms with E-state index in [0.717, 1.165) is 77.9 Å². The Hall–Kier alpha value is -2.70. The van der Waals surface area contributed by atoms with E-state index >= 15 is 0 Å². The summed E-state index contributed by atoms with van der Waals surface area (Å²) in [5.74, 6) is 0.841. The second kappa shape index (κ2) is 12.2. The predicted octanol–water partition coefficient (Wildman–Crippen LogP) is 6.66. The van der Waals surface area contributed by atoms with Gasteiger partial charge in [0.05, 0.1) is 11.3 Å². The van der Waals surface area contributed by atoms with Crippen LogP contribution in [-0.4, -0.2) is 52.1 Å². The van der Waals surface area contributed by atoms with E-state index in [2.05, 4.69) is 52.0 Å². The molecule has 0 radical (unpaired) electrons. The van der Waals surface area contributed by atoms with Crippen LogP contribution in [0.2, 0.25) is 5.02 Å². The van der Waals surface area contributed by atoms with Crippen LogP contribution in [0, 0.1) is 0 Å². The minimum Gasteiger partial charge on any atom is -0.487 e.